The molecule has 3 unspecified atom stereocenters. The van der Waals surface area contributed by atoms with E-state index >= 15 is 0 Å². The van der Waals surface area contributed by atoms with Gasteiger partial charge in [-0.3, -0.25) is 0 Å². The SMILES string of the molecule is CC1C2CNCC2CN1S(=O)(=O)N(C)Cc1ccccc1. The van der Waals surface area contributed by atoms with Gasteiger partial charge in [-0.05, 0) is 37.4 Å². The lowest BCUT2D eigenvalue weighted by Crippen LogP contribution is -2.45. The highest BCUT2D eigenvalue weighted by Crippen LogP contribution is 2.34. The maximum Gasteiger partial charge on any atom is 0.282 e. The third-order valence-electron chi connectivity index (χ3n) is 4.82. The first-order valence-electron chi connectivity index (χ1n) is 7.48. The van der Waals surface area contributed by atoms with E-state index in [4.69, 9.17) is 0 Å². The van der Waals surface area contributed by atoms with E-state index in [1.54, 1.807) is 11.4 Å². The fourth-order valence-corrected chi connectivity index (χ4v) is 5.16. The van der Waals surface area contributed by atoms with Crippen molar-refractivity contribution in [2.24, 2.45) is 11.8 Å². The Labute approximate surface area is 127 Å². The fourth-order valence-electron chi connectivity index (χ4n) is 3.53. The summed E-state index contributed by atoms with van der Waals surface area (Å²) in [5.41, 5.74) is 1.01. The van der Waals surface area contributed by atoms with E-state index in [9.17, 15) is 8.42 Å². The first-order valence-corrected chi connectivity index (χ1v) is 8.87. The Balaban J connectivity index is 1.74. The highest BCUT2D eigenvalue weighted by molar-refractivity contribution is 7.86. The average Bonchev–Trinajstić information content (AvgIpc) is 3.03. The topological polar surface area (TPSA) is 52.7 Å². The van der Waals surface area contributed by atoms with Gasteiger partial charge in [-0.15, -0.1) is 0 Å². The molecule has 0 bridgehead atoms. The van der Waals surface area contributed by atoms with Crippen molar-refractivity contribution in [2.75, 3.05) is 26.7 Å². The molecule has 5 nitrogen and oxygen atoms in total. The van der Waals surface area contributed by atoms with E-state index in [1.165, 1.54) is 4.31 Å². The molecule has 2 heterocycles. The lowest BCUT2D eigenvalue weighted by atomic mass is 9.95. The molecule has 3 atom stereocenters. The fraction of sp³-hybridized carbons (Fsp3) is 0.600. The summed E-state index contributed by atoms with van der Waals surface area (Å²) in [6.45, 7) is 4.95. The molecule has 0 amide bonds. The summed E-state index contributed by atoms with van der Waals surface area (Å²) in [5, 5.41) is 3.36. The lowest BCUT2D eigenvalue weighted by molar-refractivity contribution is 0.325. The van der Waals surface area contributed by atoms with Crippen molar-refractivity contribution in [3.63, 3.8) is 0 Å². The van der Waals surface area contributed by atoms with Gasteiger partial charge in [0.1, 0.15) is 0 Å². The zero-order valence-electron chi connectivity index (χ0n) is 12.6. The van der Waals surface area contributed by atoms with Gasteiger partial charge in [0.2, 0.25) is 0 Å². The van der Waals surface area contributed by atoms with Gasteiger partial charge >= 0.3 is 0 Å². The number of hydrogen-bond donors (Lipinski definition) is 1. The Morgan fingerprint density at radius 1 is 1.29 bits per heavy atom. The second-order valence-electron chi connectivity index (χ2n) is 6.14. The van der Waals surface area contributed by atoms with Gasteiger partial charge in [0.25, 0.3) is 10.2 Å². The van der Waals surface area contributed by atoms with Crippen LogP contribution in [-0.4, -0.2) is 49.8 Å². The van der Waals surface area contributed by atoms with Crippen LogP contribution in [0.25, 0.3) is 0 Å². The van der Waals surface area contributed by atoms with Gasteiger partial charge < -0.3 is 5.32 Å². The number of hydrogen-bond acceptors (Lipinski definition) is 3. The lowest BCUT2D eigenvalue weighted by Gasteiger charge is -2.28. The molecule has 6 heteroatoms. The Hall–Kier alpha value is -0.950. The molecule has 2 saturated heterocycles. The van der Waals surface area contributed by atoms with Crippen LogP contribution in [0.5, 0.6) is 0 Å². The number of rotatable bonds is 4. The van der Waals surface area contributed by atoms with Crippen LogP contribution in [0.1, 0.15) is 12.5 Å². The molecule has 0 saturated carbocycles. The van der Waals surface area contributed by atoms with Gasteiger partial charge in [0.05, 0.1) is 0 Å². The molecular weight excluding hydrogens is 286 g/mol. The first-order chi connectivity index (χ1) is 10.00. The van der Waals surface area contributed by atoms with Gasteiger partial charge in [-0.1, -0.05) is 30.3 Å². The zero-order valence-corrected chi connectivity index (χ0v) is 13.4. The predicted octanol–water partition coefficient (Wildman–Crippen LogP) is 0.903. The molecule has 1 aromatic carbocycles. The van der Waals surface area contributed by atoms with Gasteiger partial charge in [0, 0.05) is 26.2 Å². The minimum Gasteiger partial charge on any atom is -0.316 e. The van der Waals surface area contributed by atoms with Crippen LogP contribution in [0.15, 0.2) is 30.3 Å². The molecular formula is C15H23N3O2S. The summed E-state index contributed by atoms with van der Waals surface area (Å²) in [5.74, 6) is 0.907. The van der Waals surface area contributed by atoms with E-state index in [0.717, 1.165) is 18.7 Å². The van der Waals surface area contributed by atoms with Crippen LogP contribution in [-0.2, 0) is 16.8 Å². The largest absolute Gasteiger partial charge is 0.316 e. The standard InChI is InChI=1S/C15H23N3O2S/c1-12-15-9-16-8-14(15)11-18(12)21(19,20)17(2)10-13-6-4-3-5-7-13/h3-7,12,14-16H,8-11H2,1-2H3. The van der Waals surface area contributed by atoms with Crippen molar-refractivity contribution in [3.05, 3.63) is 35.9 Å². The second-order valence-corrected chi connectivity index (χ2v) is 8.13. The van der Waals surface area contributed by atoms with Gasteiger partial charge in [-0.2, -0.15) is 17.0 Å². The Bertz CT molecular complexity index is 590. The van der Waals surface area contributed by atoms with Crippen molar-refractivity contribution in [2.45, 2.75) is 19.5 Å². The minimum absolute atomic E-state index is 0.0771. The van der Waals surface area contributed by atoms with E-state index in [0.29, 0.717) is 24.9 Å². The number of nitrogens with one attached hydrogen (secondary N) is 1. The summed E-state index contributed by atoms with van der Waals surface area (Å²) in [7, 11) is -1.72. The molecule has 1 N–H and O–H groups in total. The summed E-state index contributed by atoms with van der Waals surface area (Å²) in [6.07, 6.45) is 0. The van der Waals surface area contributed by atoms with Crippen molar-refractivity contribution < 1.29 is 8.42 Å². The van der Waals surface area contributed by atoms with Crippen molar-refractivity contribution in [1.29, 1.82) is 0 Å². The van der Waals surface area contributed by atoms with Crippen molar-refractivity contribution in [3.8, 4) is 0 Å². The maximum absolute atomic E-state index is 12.8. The Morgan fingerprint density at radius 3 is 2.67 bits per heavy atom. The summed E-state index contributed by atoms with van der Waals surface area (Å²) < 4.78 is 28.8. The number of nitrogens with zero attached hydrogens (tertiary/aromatic N) is 2. The van der Waals surface area contributed by atoms with E-state index < -0.39 is 10.2 Å². The van der Waals surface area contributed by atoms with Crippen LogP contribution in [0.2, 0.25) is 0 Å². The summed E-state index contributed by atoms with van der Waals surface area (Å²) >= 11 is 0. The average molecular weight is 309 g/mol. The van der Waals surface area contributed by atoms with Crippen LogP contribution in [0.3, 0.4) is 0 Å². The van der Waals surface area contributed by atoms with E-state index in [-0.39, 0.29) is 6.04 Å². The third kappa shape index (κ3) is 2.73. The number of fused-ring (bicyclic) bond motifs is 1. The minimum atomic E-state index is -3.39. The predicted molar refractivity (Wildman–Crippen MR) is 82.8 cm³/mol. The smallest absolute Gasteiger partial charge is 0.282 e. The highest BCUT2D eigenvalue weighted by Gasteiger charge is 2.47. The molecule has 2 fully saturated rings. The molecule has 0 aromatic heterocycles. The third-order valence-corrected chi connectivity index (χ3v) is 6.81. The van der Waals surface area contributed by atoms with Crippen LogP contribution >= 0.6 is 0 Å². The molecule has 2 aliphatic rings. The summed E-state index contributed by atoms with van der Waals surface area (Å²) in [6, 6.07) is 9.80. The van der Waals surface area contributed by atoms with E-state index in [2.05, 4.69) is 5.32 Å². The van der Waals surface area contributed by atoms with Gasteiger partial charge in [-0.25, -0.2) is 0 Å². The summed E-state index contributed by atoms with van der Waals surface area (Å²) in [4.78, 5) is 0. The molecule has 3 rings (SSSR count). The van der Waals surface area contributed by atoms with Crippen molar-refractivity contribution in [1.82, 2.24) is 13.9 Å². The molecule has 0 radical (unpaired) electrons. The molecule has 0 aliphatic carbocycles. The molecule has 116 valence electrons. The zero-order chi connectivity index (χ0) is 15.0. The van der Waals surface area contributed by atoms with Crippen LogP contribution in [0, 0.1) is 11.8 Å². The molecule has 21 heavy (non-hydrogen) atoms. The quantitative estimate of drug-likeness (QED) is 0.899. The molecule has 1 aromatic rings. The number of benzene rings is 1. The Morgan fingerprint density at radius 2 is 2.00 bits per heavy atom. The normalized spacial score (nSPS) is 30.0. The van der Waals surface area contributed by atoms with Crippen molar-refractivity contribution >= 4 is 10.2 Å². The second kappa shape index (κ2) is 5.68. The first kappa shape index (κ1) is 15.0. The Kier molecular flexibility index (Phi) is 4.05. The maximum atomic E-state index is 12.8. The van der Waals surface area contributed by atoms with Crippen LogP contribution in [0.4, 0.5) is 0 Å². The van der Waals surface area contributed by atoms with E-state index in [1.807, 2.05) is 37.3 Å². The highest BCUT2D eigenvalue weighted by atomic mass is 32.2. The van der Waals surface area contributed by atoms with Crippen LogP contribution < -0.4 is 5.32 Å². The molecule has 0 spiro atoms. The van der Waals surface area contributed by atoms with Gasteiger partial charge in [0.15, 0.2) is 0 Å². The molecule has 2 aliphatic heterocycles. The monoisotopic (exact) mass is 309 g/mol.